The third-order valence-electron chi connectivity index (χ3n) is 3.20. The van der Waals surface area contributed by atoms with E-state index in [-0.39, 0.29) is 11.1 Å². The minimum atomic E-state index is -2.01. The second-order valence-electron chi connectivity index (χ2n) is 4.98. The van der Waals surface area contributed by atoms with Gasteiger partial charge in [0.1, 0.15) is 6.17 Å². The van der Waals surface area contributed by atoms with Gasteiger partial charge in [-0.1, -0.05) is 43.5 Å². The van der Waals surface area contributed by atoms with Crippen LogP contribution in [0, 0.1) is 0 Å². The summed E-state index contributed by atoms with van der Waals surface area (Å²) >= 11 is 3.83. The van der Waals surface area contributed by atoms with Crippen LogP contribution in [-0.4, -0.2) is 17.3 Å². The summed E-state index contributed by atoms with van der Waals surface area (Å²) in [4.78, 5) is 0. The maximum absolute atomic E-state index is 14.1. The van der Waals surface area contributed by atoms with Crippen molar-refractivity contribution in [3.8, 4) is 0 Å². The Labute approximate surface area is 123 Å². The molecule has 0 nitrogen and oxygen atoms in total. The minimum Gasteiger partial charge on any atom is -0.244 e. The zero-order valence-corrected chi connectivity index (χ0v) is 12.5. The Kier molecular flexibility index (Phi) is 5.51. The summed E-state index contributed by atoms with van der Waals surface area (Å²) in [6.07, 6.45) is -3.60. The van der Waals surface area contributed by atoms with Crippen molar-refractivity contribution in [1.82, 2.24) is 0 Å². The highest BCUT2D eigenvalue weighted by molar-refractivity contribution is 7.81. The first-order chi connectivity index (χ1) is 9.16. The smallest absolute Gasteiger partial charge is 0.172 e. The number of hydrogen-bond acceptors (Lipinski definition) is 1. The summed E-state index contributed by atoms with van der Waals surface area (Å²) in [6, 6.07) is 8.67. The second-order valence-corrected chi connectivity index (χ2v) is 5.82. The molecular formula is C16H19F3S. The number of benzene rings is 1. The molecule has 0 aliphatic carbocycles. The quantitative estimate of drug-likeness (QED) is 0.542. The number of alkyl halides is 3. The highest BCUT2D eigenvalue weighted by Gasteiger charge is 2.35. The van der Waals surface area contributed by atoms with E-state index in [4.69, 9.17) is 0 Å². The van der Waals surface area contributed by atoms with Crippen LogP contribution in [-0.2, 0) is 0 Å². The molecule has 0 saturated heterocycles. The third-order valence-corrected chi connectivity index (χ3v) is 3.48. The van der Waals surface area contributed by atoms with E-state index in [1.165, 1.54) is 6.92 Å². The SMILES string of the molecule is C=C(C(C(=C)C(C)(F)S)c1ccccc1)C(F)C(C)F. The highest BCUT2D eigenvalue weighted by atomic mass is 32.1. The van der Waals surface area contributed by atoms with Gasteiger partial charge in [0.05, 0.1) is 0 Å². The Morgan fingerprint density at radius 1 is 1.20 bits per heavy atom. The standard InChI is InChI=1S/C16H19F3S/c1-10(15(18)12(3)17)14(11(2)16(4,19)20)13-8-6-5-7-9-13/h5-9,12,14-15,20H,1-2H2,3-4H3. The number of allylic oxidation sites excluding steroid dienone is 1. The van der Waals surface area contributed by atoms with Crippen LogP contribution in [0.4, 0.5) is 13.2 Å². The Bertz CT molecular complexity index is 474. The van der Waals surface area contributed by atoms with E-state index in [1.54, 1.807) is 30.3 Å². The van der Waals surface area contributed by atoms with Crippen molar-refractivity contribution in [2.75, 3.05) is 0 Å². The van der Waals surface area contributed by atoms with Crippen LogP contribution in [0.2, 0.25) is 0 Å². The second kappa shape index (κ2) is 6.53. The number of hydrogen-bond donors (Lipinski definition) is 1. The molecule has 0 amide bonds. The molecule has 1 rings (SSSR count). The summed E-state index contributed by atoms with van der Waals surface area (Å²) in [5, 5.41) is -2.01. The van der Waals surface area contributed by atoms with Gasteiger partial charge in [-0.2, -0.15) is 0 Å². The first kappa shape index (κ1) is 16.9. The third kappa shape index (κ3) is 3.92. The largest absolute Gasteiger partial charge is 0.244 e. The van der Waals surface area contributed by atoms with E-state index in [0.717, 1.165) is 6.92 Å². The van der Waals surface area contributed by atoms with Gasteiger partial charge in [0.25, 0.3) is 0 Å². The summed E-state index contributed by atoms with van der Waals surface area (Å²) in [6.45, 7) is 9.60. The van der Waals surface area contributed by atoms with Crippen LogP contribution < -0.4 is 0 Å². The lowest BCUT2D eigenvalue weighted by Crippen LogP contribution is -2.26. The van der Waals surface area contributed by atoms with Crippen LogP contribution in [0.1, 0.15) is 25.3 Å². The van der Waals surface area contributed by atoms with Crippen LogP contribution in [0.15, 0.2) is 54.6 Å². The van der Waals surface area contributed by atoms with Gasteiger partial charge in [-0.25, -0.2) is 13.2 Å². The predicted molar refractivity (Wildman–Crippen MR) is 81.4 cm³/mol. The molecule has 0 saturated carbocycles. The number of rotatable bonds is 6. The molecule has 0 aliphatic rings. The molecular weight excluding hydrogens is 281 g/mol. The molecule has 0 heterocycles. The molecule has 4 atom stereocenters. The fourth-order valence-corrected chi connectivity index (χ4v) is 2.13. The summed E-state index contributed by atoms with van der Waals surface area (Å²) in [5.41, 5.74) is 0.609. The van der Waals surface area contributed by atoms with Gasteiger partial charge in [-0.15, -0.1) is 12.6 Å². The minimum absolute atomic E-state index is 0.0420. The van der Waals surface area contributed by atoms with Crippen molar-refractivity contribution in [2.24, 2.45) is 0 Å². The van der Waals surface area contributed by atoms with Crippen LogP contribution in [0.5, 0.6) is 0 Å². The number of halogens is 3. The van der Waals surface area contributed by atoms with Gasteiger partial charge < -0.3 is 0 Å². The Balaban J connectivity index is 3.23. The van der Waals surface area contributed by atoms with Gasteiger partial charge in [0, 0.05) is 5.92 Å². The van der Waals surface area contributed by atoms with Crippen molar-refractivity contribution in [3.63, 3.8) is 0 Å². The average Bonchev–Trinajstić information content (AvgIpc) is 2.37. The van der Waals surface area contributed by atoms with E-state index in [0.29, 0.717) is 5.56 Å². The molecule has 1 aromatic rings. The molecule has 4 heteroatoms. The van der Waals surface area contributed by atoms with Crippen molar-refractivity contribution in [2.45, 2.75) is 37.1 Å². The van der Waals surface area contributed by atoms with Crippen molar-refractivity contribution in [1.29, 1.82) is 0 Å². The van der Waals surface area contributed by atoms with E-state index >= 15 is 0 Å². The van der Waals surface area contributed by atoms with Crippen molar-refractivity contribution >= 4 is 12.6 Å². The van der Waals surface area contributed by atoms with E-state index < -0.39 is 23.3 Å². The lowest BCUT2D eigenvalue weighted by molar-refractivity contribution is 0.206. The van der Waals surface area contributed by atoms with Crippen LogP contribution in [0.3, 0.4) is 0 Å². The molecule has 0 spiro atoms. The molecule has 0 radical (unpaired) electrons. The Morgan fingerprint density at radius 2 is 1.70 bits per heavy atom. The predicted octanol–water partition coefficient (Wildman–Crippen LogP) is 5.19. The number of thiol groups is 1. The molecule has 20 heavy (non-hydrogen) atoms. The normalized spacial score (nSPS) is 18.7. The topological polar surface area (TPSA) is 0 Å². The summed E-state index contributed by atoms with van der Waals surface area (Å²) in [7, 11) is 0. The zero-order chi connectivity index (χ0) is 15.5. The highest BCUT2D eigenvalue weighted by Crippen LogP contribution is 2.41. The van der Waals surface area contributed by atoms with Crippen molar-refractivity contribution in [3.05, 3.63) is 60.2 Å². The Morgan fingerprint density at radius 3 is 2.10 bits per heavy atom. The first-order valence-corrected chi connectivity index (χ1v) is 6.73. The van der Waals surface area contributed by atoms with E-state index in [9.17, 15) is 13.2 Å². The van der Waals surface area contributed by atoms with E-state index in [2.05, 4.69) is 25.8 Å². The molecule has 0 N–H and O–H groups in total. The fraction of sp³-hybridized carbons (Fsp3) is 0.375. The molecule has 0 aromatic heterocycles. The first-order valence-electron chi connectivity index (χ1n) is 6.28. The maximum atomic E-state index is 14.1. The van der Waals surface area contributed by atoms with Gasteiger partial charge >= 0.3 is 0 Å². The Hall–Kier alpha value is -1.16. The molecule has 1 aromatic carbocycles. The summed E-state index contributed by atoms with van der Waals surface area (Å²) < 4.78 is 41.2. The van der Waals surface area contributed by atoms with Gasteiger partial charge in [0.2, 0.25) is 0 Å². The molecule has 0 fully saturated rings. The van der Waals surface area contributed by atoms with Gasteiger partial charge in [-0.3, -0.25) is 0 Å². The lowest BCUT2D eigenvalue weighted by atomic mass is 9.81. The fourth-order valence-electron chi connectivity index (χ4n) is 2.00. The monoisotopic (exact) mass is 300 g/mol. The van der Waals surface area contributed by atoms with E-state index in [1.807, 2.05) is 0 Å². The average molecular weight is 300 g/mol. The van der Waals surface area contributed by atoms with Gasteiger partial charge in [0.15, 0.2) is 11.2 Å². The van der Waals surface area contributed by atoms with Crippen LogP contribution in [0.25, 0.3) is 0 Å². The van der Waals surface area contributed by atoms with Crippen LogP contribution >= 0.6 is 12.6 Å². The van der Waals surface area contributed by atoms with Gasteiger partial charge in [-0.05, 0) is 30.6 Å². The molecule has 0 bridgehead atoms. The lowest BCUT2D eigenvalue weighted by Gasteiger charge is -2.29. The molecule has 0 aliphatic heterocycles. The van der Waals surface area contributed by atoms with Crippen molar-refractivity contribution < 1.29 is 13.2 Å². The molecule has 110 valence electrons. The summed E-state index contributed by atoms with van der Waals surface area (Å²) in [5.74, 6) is -0.822. The maximum Gasteiger partial charge on any atom is 0.172 e. The zero-order valence-electron chi connectivity index (χ0n) is 11.6. The molecule has 4 unspecified atom stereocenters.